The second-order valence-electron chi connectivity index (χ2n) is 4.90. The van der Waals surface area contributed by atoms with Crippen molar-refractivity contribution in [2.24, 2.45) is 0 Å². The monoisotopic (exact) mass is 302 g/mol. The van der Waals surface area contributed by atoms with Crippen molar-refractivity contribution in [3.05, 3.63) is 46.4 Å². The highest BCUT2D eigenvalue weighted by Gasteiger charge is 2.20. The van der Waals surface area contributed by atoms with Crippen molar-refractivity contribution in [2.45, 2.75) is 19.9 Å². The van der Waals surface area contributed by atoms with Gasteiger partial charge in [0.05, 0.1) is 6.04 Å². The van der Waals surface area contributed by atoms with Gasteiger partial charge in [-0.15, -0.1) is 0 Å². The average Bonchev–Trinajstić information content (AvgIpc) is 3.06. The van der Waals surface area contributed by atoms with Crippen LogP contribution in [0, 0.1) is 6.92 Å². The summed E-state index contributed by atoms with van der Waals surface area (Å²) in [7, 11) is 0. The number of H-pyrrole nitrogens is 1. The molecule has 1 atom stereocenters. The summed E-state index contributed by atoms with van der Waals surface area (Å²) in [5.74, 6) is 0.629. The SMILES string of the molecule is Cc1cc(-n2c(C(C)NC(=O)O)nc3cccn3c2=O)n[nH]1. The van der Waals surface area contributed by atoms with E-state index in [4.69, 9.17) is 5.11 Å². The summed E-state index contributed by atoms with van der Waals surface area (Å²) in [4.78, 5) is 27.9. The molecule has 114 valence electrons. The largest absolute Gasteiger partial charge is 0.465 e. The van der Waals surface area contributed by atoms with Crippen molar-refractivity contribution in [1.29, 1.82) is 0 Å². The summed E-state index contributed by atoms with van der Waals surface area (Å²) in [5, 5.41) is 18.0. The molecule has 9 heteroatoms. The molecule has 1 unspecified atom stereocenters. The summed E-state index contributed by atoms with van der Waals surface area (Å²) in [5.41, 5.74) is 0.859. The van der Waals surface area contributed by atoms with E-state index >= 15 is 0 Å². The average molecular weight is 302 g/mol. The van der Waals surface area contributed by atoms with Gasteiger partial charge in [-0.05, 0) is 26.0 Å². The fourth-order valence-electron chi connectivity index (χ4n) is 2.27. The van der Waals surface area contributed by atoms with E-state index < -0.39 is 12.1 Å². The van der Waals surface area contributed by atoms with Crippen LogP contribution < -0.4 is 11.0 Å². The van der Waals surface area contributed by atoms with E-state index in [0.29, 0.717) is 11.5 Å². The Morgan fingerprint density at radius 1 is 1.50 bits per heavy atom. The first kappa shape index (κ1) is 13.9. The van der Waals surface area contributed by atoms with Crippen molar-refractivity contribution in [2.75, 3.05) is 0 Å². The van der Waals surface area contributed by atoms with Crippen LogP contribution >= 0.6 is 0 Å². The van der Waals surface area contributed by atoms with Crippen LogP contribution in [0.1, 0.15) is 24.5 Å². The molecule has 3 aromatic heterocycles. The van der Waals surface area contributed by atoms with Crippen molar-refractivity contribution in [1.82, 2.24) is 29.5 Å². The molecule has 0 saturated heterocycles. The zero-order chi connectivity index (χ0) is 15.9. The van der Waals surface area contributed by atoms with Gasteiger partial charge >= 0.3 is 11.8 Å². The molecule has 3 aromatic rings. The lowest BCUT2D eigenvalue weighted by molar-refractivity contribution is 0.190. The molecule has 3 heterocycles. The highest BCUT2D eigenvalue weighted by atomic mass is 16.4. The maximum absolute atomic E-state index is 12.7. The number of aryl methyl sites for hydroxylation is 1. The molecule has 1 amide bonds. The van der Waals surface area contributed by atoms with Crippen LogP contribution in [0.3, 0.4) is 0 Å². The fraction of sp³-hybridized carbons (Fsp3) is 0.231. The molecule has 0 fully saturated rings. The summed E-state index contributed by atoms with van der Waals surface area (Å²) in [6, 6.07) is 4.39. The third-order valence-electron chi connectivity index (χ3n) is 3.23. The molecule has 3 N–H and O–H groups in total. The molecule has 0 bridgehead atoms. The number of nitrogens with zero attached hydrogens (tertiary/aromatic N) is 4. The van der Waals surface area contributed by atoms with E-state index in [-0.39, 0.29) is 11.5 Å². The third kappa shape index (κ3) is 2.22. The lowest BCUT2D eigenvalue weighted by atomic mass is 10.3. The molecule has 0 aliphatic rings. The molecule has 0 radical (unpaired) electrons. The topological polar surface area (TPSA) is 117 Å². The Morgan fingerprint density at radius 2 is 2.27 bits per heavy atom. The van der Waals surface area contributed by atoms with Gasteiger partial charge < -0.3 is 10.4 Å². The number of nitrogens with one attached hydrogen (secondary N) is 2. The predicted molar refractivity (Wildman–Crippen MR) is 77.2 cm³/mol. The number of amides is 1. The van der Waals surface area contributed by atoms with Crippen LogP contribution in [0.25, 0.3) is 11.5 Å². The van der Waals surface area contributed by atoms with Crippen LogP contribution in [-0.2, 0) is 0 Å². The Bertz CT molecular complexity index is 906. The Balaban J connectivity index is 2.28. The normalized spacial score (nSPS) is 12.5. The number of carbonyl (C=O) groups is 1. The van der Waals surface area contributed by atoms with E-state index in [9.17, 15) is 9.59 Å². The van der Waals surface area contributed by atoms with Crippen LogP contribution in [0.4, 0.5) is 4.79 Å². The maximum atomic E-state index is 12.7. The molecular formula is C13H14N6O3. The quantitative estimate of drug-likeness (QED) is 0.663. The Morgan fingerprint density at radius 3 is 2.91 bits per heavy atom. The smallest absolute Gasteiger partial charge is 0.405 e. The molecule has 9 nitrogen and oxygen atoms in total. The molecule has 0 aliphatic heterocycles. The van der Waals surface area contributed by atoms with Gasteiger partial charge in [-0.25, -0.2) is 19.1 Å². The molecule has 0 aliphatic carbocycles. The van der Waals surface area contributed by atoms with Gasteiger partial charge in [0.1, 0.15) is 11.5 Å². The van der Waals surface area contributed by atoms with Crippen molar-refractivity contribution in [3.63, 3.8) is 0 Å². The van der Waals surface area contributed by atoms with Gasteiger partial charge in [0.25, 0.3) is 0 Å². The van der Waals surface area contributed by atoms with Crippen molar-refractivity contribution < 1.29 is 9.90 Å². The molecule has 22 heavy (non-hydrogen) atoms. The summed E-state index contributed by atoms with van der Waals surface area (Å²) < 4.78 is 2.66. The lowest BCUT2D eigenvalue weighted by Gasteiger charge is -2.16. The van der Waals surface area contributed by atoms with Gasteiger partial charge in [0, 0.05) is 18.0 Å². The molecule has 3 rings (SSSR count). The van der Waals surface area contributed by atoms with Crippen LogP contribution in [0.5, 0.6) is 0 Å². The summed E-state index contributed by atoms with van der Waals surface area (Å²) in [6.07, 6.45) is 0.404. The predicted octanol–water partition coefficient (Wildman–Crippen LogP) is 0.845. The number of aromatic amines is 1. The van der Waals surface area contributed by atoms with E-state index in [1.54, 1.807) is 31.3 Å². The van der Waals surface area contributed by atoms with Crippen LogP contribution in [-0.4, -0.2) is 35.3 Å². The minimum atomic E-state index is -1.19. The first-order valence-electron chi connectivity index (χ1n) is 6.59. The second-order valence-corrected chi connectivity index (χ2v) is 4.90. The van der Waals surface area contributed by atoms with Gasteiger partial charge in [-0.2, -0.15) is 5.10 Å². The number of fused-ring (bicyclic) bond motifs is 1. The molecule has 0 spiro atoms. The third-order valence-corrected chi connectivity index (χ3v) is 3.23. The number of hydrogen-bond donors (Lipinski definition) is 3. The van der Waals surface area contributed by atoms with E-state index in [0.717, 1.165) is 5.69 Å². The van der Waals surface area contributed by atoms with Crippen LogP contribution in [0.2, 0.25) is 0 Å². The number of aromatic nitrogens is 5. The standard InChI is InChI=1S/C13H14N6O3/c1-7-6-10(17-16-7)19-11(8(2)14-12(20)21)15-9-4-3-5-18(9)13(19)22/h3-6,8,14H,1-2H3,(H,16,17)(H,20,21). The maximum Gasteiger partial charge on any atom is 0.405 e. The van der Waals surface area contributed by atoms with Crippen LogP contribution in [0.15, 0.2) is 29.2 Å². The highest BCUT2D eigenvalue weighted by molar-refractivity contribution is 5.65. The number of hydrogen-bond acceptors (Lipinski definition) is 4. The number of carboxylic acid groups (broad SMARTS) is 1. The van der Waals surface area contributed by atoms with Gasteiger partial charge in [-0.3, -0.25) is 9.50 Å². The Labute approximate surface area is 124 Å². The highest BCUT2D eigenvalue weighted by Crippen LogP contribution is 2.14. The summed E-state index contributed by atoms with van der Waals surface area (Å²) in [6.45, 7) is 3.42. The minimum absolute atomic E-state index is 0.269. The first-order valence-corrected chi connectivity index (χ1v) is 6.59. The molecular weight excluding hydrogens is 288 g/mol. The van der Waals surface area contributed by atoms with Gasteiger partial charge in [0.15, 0.2) is 5.82 Å². The number of rotatable bonds is 3. The molecule has 0 aromatic carbocycles. The van der Waals surface area contributed by atoms with E-state index in [2.05, 4.69) is 20.5 Å². The van der Waals surface area contributed by atoms with Gasteiger partial charge in [-0.1, -0.05) is 0 Å². The first-order chi connectivity index (χ1) is 10.5. The zero-order valence-electron chi connectivity index (χ0n) is 11.9. The second kappa shape index (κ2) is 5.02. The summed E-state index contributed by atoms with van der Waals surface area (Å²) >= 11 is 0. The van der Waals surface area contributed by atoms with Crippen molar-refractivity contribution in [3.8, 4) is 5.82 Å². The van der Waals surface area contributed by atoms with E-state index in [1.807, 2.05) is 6.92 Å². The van der Waals surface area contributed by atoms with Crippen molar-refractivity contribution >= 4 is 11.7 Å². The fourth-order valence-corrected chi connectivity index (χ4v) is 2.27. The zero-order valence-corrected chi connectivity index (χ0v) is 11.9. The van der Waals surface area contributed by atoms with E-state index in [1.165, 1.54) is 8.97 Å². The van der Waals surface area contributed by atoms with Gasteiger partial charge in [0.2, 0.25) is 0 Å². The minimum Gasteiger partial charge on any atom is -0.465 e. The lowest BCUT2D eigenvalue weighted by Crippen LogP contribution is -2.35. The Hall–Kier alpha value is -3.10. The molecule has 0 saturated carbocycles. The Kier molecular flexibility index (Phi) is 3.17.